The Labute approximate surface area is 71.7 Å². The van der Waals surface area contributed by atoms with Crippen LogP contribution in [0.15, 0.2) is 36.0 Å². The van der Waals surface area contributed by atoms with E-state index < -0.39 is 5.97 Å². The summed E-state index contributed by atoms with van der Waals surface area (Å²) in [5, 5.41) is 8.41. The Kier molecular flexibility index (Phi) is 3.24. The number of allylic oxidation sites excluding steroid dienone is 3. The van der Waals surface area contributed by atoms with Crippen LogP contribution in [0.2, 0.25) is 0 Å². The van der Waals surface area contributed by atoms with Crippen LogP contribution in [0.5, 0.6) is 0 Å². The van der Waals surface area contributed by atoms with Crippen LogP contribution in [0, 0.1) is 0 Å². The van der Waals surface area contributed by atoms with Gasteiger partial charge in [0.25, 0.3) is 0 Å². The van der Waals surface area contributed by atoms with Crippen LogP contribution in [0.4, 0.5) is 0 Å². The molecule has 0 fully saturated rings. The summed E-state index contributed by atoms with van der Waals surface area (Å²) in [5.41, 5.74) is 0.859. The molecule has 3 heteroatoms. The third kappa shape index (κ3) is 1.64. The second kappa shape index (κ2) is 3.47. The number of hydrogen-bond acceptors (Lipinski definition) is 1. The fourth-order valence-electron chi connectivity index (χ4n) is 0.666. The Morgan fingerprint density at radius 2 is 2.20 bits per heavy atom. The summed E-state index contributed by atoms with van der Waals surface area (Å²) in [7, 11) is 0. The fraction of sp³-hybridized carbons (Fsp3) is 0. The van der Waals surface area contributed by atoms with Crippen molar-refractivity contribution in [3.8, 4) is 0 Å². The molecule has 0 amide bonds. The van der Waals surface area contributed by atoms with Crippen molar-refractivity contribution in [3.63, 3.8) is 0 Å². The molecule has 1 aliphatic carbocycles. The van der Waals surface area contributed by atoms with Crippen molar-refractivity contribution in [3.05, 3.63) is 36.0 Å². The van der Waals surface area contributed by atoms with Gasteiger partial charge in [-0.15, -0.1) is 0 Å². The summed E-state index contributed by atoms with van der Waals surface area (Å²) >= 11 is 0. The van der Waals surface area contributed by atoms with Gasteiger partial charge < -0.3 is 5.11 Å². The van der Waals surface area contributed by atoms with Crippen LogP contribution < -0.4 is 0 Å². The van der Waals surface area contributed by atoms with Gasteiger partial charge in [0, 0.05) is 19.5 Å². The third-order valence-corrected chi connectivity index (χ3v) is 1.14. The van der Waals surface area contributed by atoms with Gasteiger partial charge >= 0.3 is 5.97 Å². The topological polar surface area (TPSA) is 37.3 Å². The van der Waals surface area contributed by atoms with E-state index in [1.54, 1.807) is 12.2 Å². The molecule has 0 heterocycles. The van der Waals surface area contributed by atoms with E-state index in [0.29, 0.717) is 5.57 Å². The largest absolute Gasteiger partial charge is 0.478 e. The first-order valence-electron chi connectivity index (χ1n) is 2.53. The number of carbonyl (C=O) groups is 1. The minimum Gasteiger partial charge on any atom is -0.478 e. The Hall–Kier alpha value is -0.687. The Balaban J connectivity index is 0.000000810. The van der Waals surface area contributed by atoms with Gasteiger partial charge in [0.1, 0.15) is 0 Å². The molecule has 1 aliphatic rings. The predicted octanol–water partition coefficient (Wildman–Crippen LogP) is 1.12. The van der Waals surface area contributed by atoms with Crippen LogP contribution in [0.3, 0.4) is 0 Å². The molecule has 0 atom stereocenters. The summed E-state index contributed by atoms with van der Waals surface area (Å²) in [6.07, 6.45) is 4.87. The molecule has 0 saturated carbocycles. The monoisotopic (exact) mass is 186 g/mol. The normalized spacial score (nSPS) is 14.4. The molecule has 1 N–H and O–H groups in total. The summed E-state index contributed by atoms with van der Waals surface area (Å²) in [6.45, 7) is 3.52. The Bertz CT molecular complexity index is 226. The molecule has 48 valence electrons. The molecule has 0 bridgehead atoms. The van der Waals surface area contributed by atoms with Crippen molar-refractivity contribution in [1.29, 1.82) is 0 Å². The summed E-state index contributed by atoms with van der Waals surface area (Å²) in [6, 6.07) is 0. The summed E-state index contributed by atoms with van der Waals surface area (Å²) in [4.78, 5) is 10.2. The van der Waals surface area contributed by atoms with E-state index in [2.05, 4.69) is 6.58 Å². The maximum Gasteiger partial charge on any atom is 0.336 e. The number of rotatable bonds is 1. The number of carboxylic acid groups (broad SMARTS) is 1. The maximum absolute atomic E-state index is 10.2. The Morgan fingerprint density at radius 1 is 1.60 bits per heavy atom. The molecule has 0 aromatic rings. The summed E-state index contributed by atoms with van der Waals surface area (Å²) < 4.78 is 0. The molecule has 0 aromatic heterocycles. The zero-order valence-electron chi connectivity index (χ0n) is 5.50. The van der Waals surface area contributed by atoms with Crippen molar-refractivity contribution in [2.75, 3.05) is 0 Å². The van der Waals surface area contributed by atoms with E-state index in [0.717, 1.165) is 0 Å². The smallest absolute Gasteiger partial charge is 0.336 e. The molecular weight excluding hydrogens is 181 g/mol. The minimum atomic E-state index is -0.912. The molecule has 0 radical (unpaired) electrons. The first-order chi connectivity index (χ1) is 4.22. The Morgan fingerprint density at radius 3 is 2.40 bits per heavy atom. The first kappa shape index (κ1) is 9.31. The minimum absolute atomic E-state index is 0. The van der Waals surface area contributed by atoms with Crippen LogP contribution in [-0.4, -0.2) is 11.1 Å². The first-order valence-corrected chi connectivity index (χ1v) is 2.53. The van der Waals surface area contributed by atoms with E-state index in [1.165, 1.54) is 6.08 Å². The van der Waals surface area contributed by atoms with E-state index >= 15 is 0 Å². The van der Waals surface area contributed by atoms with Crippen molar-refractivity contribution in [2.45, 2.75) is 0 Å². The second-order valence-corrected chi connectivity index (χ2v) is 1.77. The molecular formula is C7H6O2Zn. The summed E-state index contributed by atoms with van der Waals surface area (Å²) in [5.74, 6) is -0.912. The molecule has 0 aromatic carbocycles. The van der Waals surface area contributed by atoms with E-state index in [9.17, 15) is 4.79 Å². The SMILES string of the molecule is C=C1C=CC=C1C(=O)O.[Zn]. The van der Waals surface area contributed by atoms with E-state index in [1.807, 2.05) is 0 Å². The zero-order chi connectivity index (χ0) is 6.85. The fourth-order valence-corrected chi connectivity index (χ4v) is 0.666. The quantitative estimate of drug-likeness (QED) is 0.625. The van der Waals surface area contributed by atoms with Crippen molar-refractivity contribution >= 4 is 5.97 Å². The zero-order valence-corrected chi connectivity index (χ0v) is 8.47. The molecule has 1 rings (SSSR count). The number of hydrogen-bond donors (Lipinski definition) is 1. The molecule has 0 aliphatic heterocycles. The van der Waals surface area contributed by atoms with Gasteiger partial charge in [-0.3, -0.25) is 0 Å². The molecule has 0 unspecified atom stereocenters. The van der Waals surface area contributed by atoms with E-state index in [-0.39, 0.29) is 25.1 Å². The van der Waals surface area contributed by atoms with Crippen molar-refractivity contribution in [2.24, 2.45) is 0 Å². The van der Waals surface area contributed by atoms with Gasteiger partial charge in [-0.25, -0.2) is 4.79 Å². The third-order valence-electron chi connectivity index (χ3n) is 1.14. The molecule has 2 nitrogen and oxygen atoms in total. The van der Waals surface area contributed by atoms with Gasteiger partial charge in [0.15, 0.2) is 0 Å². The molecule has 10 heavy (non-hydrogen) atoms. The van der Waals surface area contributed by atoms with Crippen LogP contribution >= 0.6 is 0 Å². The number of carboxylic acids is 1. The van der Waals surface area contributed by atoms with Gasteiger partial charge in [0.05, 0.1) is 5.57 Å². The predicted molar refractivity (Wildman–Crippen MR) is 34.0 cm³/mol. The van der Waals surface area contributed by atoms with Gasteiger partial charge in [-0.05, 0) is 11.6 Å². The average Bonchev–Trinajstić information content (AvgIpc) is 2.13. The van der Waals surface area contributed by atoms with Crippen molar-refractivity contribution < 1.29 is 29.4 Å². The van der Waals surface area contributed by atoms with Crippen LogP contribution in [-0.2, 0) is 24.3 Å². The van der Waals surface area contributed by atoms with Crippen molar-refractivity contribution in [1.82, 2.24) is 0 Å². The maximum atomic E-state index is 10.2. The van der Waals surface area contributed by atoms with Gasteiger partial charge in [0.2, 0.25) is 0 Å². The number of aliphatic carboxylic acids is 1. The average molecular weight is 188 g/mol. The van der Waals surface area contributed by atoms with Gasteiger partial charge in [-0.1, -0.05) is 18.7 Å². The second-order valence-electron chi connectivity index (χ2n) is 1.77. The van der Waals surface area contributed by atoms with E-state index in [4.69, 9.17) is 5.11 Å². The molecule has 0 spiro atoms. The standard InChI is InChI=1S/C7H6O2.Zn/c1-5-3-2-4-6(5)7(8)9;/h2-4H,1H2,(H,8,9);. The van der Waals surface area contributed by atoms with Crippen LogP contribution in [0.1, 0.15) is 0 Å². The van der Waals surface area contributed by atoms with Gasteiger partial charge in [-0.2, -0.15) is 0 Å². The van der Waals surface area contributed by atoms with Crippen LogP contribution in [0.25, 0.3) is 0 Å². The molecule has 0 saturated heterocycles.